The van der Waals surface area contributed by atoms with Crippen LogP contribution in [0, 0.1) is 11.8 Å². The van der Waals surface area contributed by atoms with Gasteiger partial charge < -0.3 is 31.5 Å². The number of fused-ring (bicyclic) bond motifs is 3. The number of phenols is 1. The summed E-state index contributed by atoms with van der Waals surface area (Å²) in [5.74, 6) is -6.60. The maximum absolute atomic E-state index is 14.0. The highest BCUT2D eigenvalue weighted by Gasteiger charge is 2.63. The molecule has 0 saturated heterocycles. The number of carbonyl (C=O) groups excluding carboxylic acids is 3. The maximum Gasteiger partial charge on any atom is 0.255 e. The van der Waals surface area contributed by atoms with E-state index in [4.69, 9.17) is 5.73 Å². The summed E-state index contributed by atoms with van der Waals surface area (Å²) in [7, 11) is 3.21. The Bertz CT molecular complexity index is 1570. The molecule has 1 amide bonds. The molecule has 2 aromatic carbocycles. The van der Waals surface area contributed by atoms with E-state index in [1.807, 2.05) is 24.3 Å². The molecule has 0 radical (unpaired) electrons. The Balaban J connectivity index is 1.47. The van der Waals surface area contributed by atoms with Crippen molar-refractivity contribution in [1.29, 1.82) is 0 Å². The van der Waals surface area contributed by atoms with Gasteiger partial charge in [0.1, 0.15) is 22.8 Å². The number of ketones is 2. The second-order valence-corrected chi connectivity index (χ2v) is 11.8. The van der Waals surface area contributed by atoms with Gasteiger partial charge in [0.15, 0.2) is 11.4 Å². The predicted octanol–water partition coefficient (Wildman–Crippen LogP) is 2.04. The third kappa shape index (κ3) is 4.08. The van der Waals surface area contributed by atoms with Crippen molar-refractivity contribution >= 4 is 17.5 Å². The molecule has 214 valence electrons. The highest BCUT2D eigenvalue weighted by atomic mass is 16.3. The van der Waals surface area contributed by atoms with Crippen molar-refractivity contribution in [1.82, 2.24) is 10.2 Å². The van der Waals surface area contributed by atoms with Crippen LogP contribution in [0.25, 0.3) is 11.1 Å². The Morgan fingerprint density at radius 3 is 2.51 bits per heavy atom. The van der Waals surface area contributed by atoms with E-state index in [0.717, 1.165) is 16.7 Å². The normalized spacial score (nSPS) is 27.6. The molecule has 2 aromatic rings. The molecule has 0 spiro atoms. The number of nitrogens with zero attached hydrogens (tertiary/aromatic N) is 1. The quantitative estimate of drug-likeness (QED) is 0.290. The number of nitrogens with one attached hydrogen (secondary N) is 1. The number of likely N-dealkylation sites (N-methyl/N-ethyl adjacent to an activating group) is 1. The van der Waals surface area contributed by atoms with Crippen molar-refractivity contribution in [2.75, 3.05) is 14.1 Å². The number of rotatable bonds is 6. The molecule has 4 aliphatic rings. The zero-order chi connectivity index (χ0) is 29.4. The summed E-state index contributed by atoms with van der Waals surface area (Å²) in [5.41, 5.74) is 5.09. The monoisotopic (exact) mass is 559 g/mol. The summed E-state index contributed by atoms with van der Waals surface area (Å²) in [5, 5.41) is 48.5. The van der Waals surface area contributed by atoms with E-state index >= 15 is 0 Å². The summed E-state index contributed by atoms with van der Waals surface area (Å²) >= 11 is 0. The van der Waals surface area contributed by atoms with Gasteiger partial charge in [0.2, 0.25) is 5.78 Å². The van der Waals surface area contributed by atoms with Gasteiger partial charge >= 0.3 is 0 Å². The fourth-order valence-corrected chi connectivity index (χ4v) is 6.92. The number of allylic oxidation sites excluding steroid dienone is 1. The number of Topliss-reactive ketones (excluding diaryl/α,β-unsaturated/α-hetero) is 2. The van der Waals surface area contributed by atoms with Crippen LogP contribution in [0.1, 0.15) is 40.7 Å². The van der Waals surface area contributed by atoms with Crippen LogP contribution in [-0.2, 0) is 22.6 Å². The number of aliphatic hydroxyl groups excluding tert-OH is 2. The second-order valence-electron chi connectivity index (χ2n) is 11.8. The number of phenolic OH excluding ortho intramolecular Hbond substituents is 1. The summed E-state index contributed by atoms with van der Waals surface area (Å²) in [6.45, 7) is 0.714. The molecule has 41 heavy (non-hydrogen) atoms. The van der Waals surface area contributed by atoms with Gasteiger partial charge in [-0.3, -0.25) is 19.3 Å². The van der Waals surface area contributed by atoms with Crippen molar-refractivity contribution in [3.63, 3.8) is 0 Å². The highest BCUT2D eigenvalue weighted by molar-refractivity contribution is 6.24. The lowest BCUT2D eigenvalue weighted by molar-refractivity contribution is -0.148. The zero-order valence-corrected chi connectivity index (χ0v) is 22.8. The topological polar surface area (TPSA) is 173 Å². The van der Waals surface area contributed by atoms with Gasteiger partial charge in [-0.2, -0.15) is 0 Å². The van der Waals surface area contributed by atoms with Crippen LogP contribution < -0.4 is 11.1 Å². The van der Waals surface area contributed by atoms with Gasteiger partial charge in [-0.05, 0) is 80.1 Å². The second kappa shape index (κ2) is 9.54. The molecule has 0 aliphatic heterocycles. The van der Waals surface area contributed by atoms with Crippen LogP contribution in [0.15, 0.2) is 59.1 Å². The molecule has 7 N–H and O–H groups in total. The number of primary amides is 1. The van der Waals surface area contributed by atoms with Gasteiger partial charge in [0.05, 0.1) is 11.6 Å². The standard InChI is InChI=1S/C31H33N3O7/c1-34(2)25-20-12-16-11-19-18(15-5-3-4-14(10-15)13-33-17-6-7-17)8-9-21(35)23(19)26(36)22(16)28(38)31(20,41)29(39)24(27(25)37)30(32)40/h3-5,8-10,16-17,20,25,33,35,37-38,41H,6-7,11-13H2,1-2H3,(H2,32,40)/t16-,20-,25-,31-/m0/s1. The van der Waals surface area contributed by atoms with E-state index in [-0.39, 0.29) is 29.7 Å². The molecule has 4 aliphatic carbocycles. The van der Waals surface area contributed by atoms with E-state index in [2.05, 4.69) is 5.32 Å². The van der Waals surface area contributed by atoms with Crippen LogP contribution in [0.4, 0.5) is 0 Å². The first-order chi connectivity index (χ1) is 19.4. The molecule has 0 aromatic heterocycles. The summed E-state index contributed by atoms with van der Waals surface area (Å²) < 4.78 is 0. The number of aromatic hydroxyl groups is 1. The zero-order valence-electron chi connectivity index (χ0n) is 22.8. The minimum Gasteiger partial charge on any atom is -0.510 e. The number of amides is 1. The molecule has 10 heteroatoms. The van der Waals surface area contributed by atoms with Gasteiger partial charge in [-0.25, -0.2) is 0 Å². The molecule has 1 fully saturated rings. The van der Waals surface area contributed by atoms with Crippen molar-refractivity contribution in [2.45, 2.75) is 49.9 Å². The first-order valence-electron chi connectivity index (χ1n) is 13.8. The number of hydrogen-bond donors (Lipinski definition) is 6. The fraction of sp³-hybridized carbons (Fsp3) is 0.387. The minimum absolute atomic E-state index is 0.00444. The summed E-state index contributed by atoms with van der Waals surface area (Å²) in [4.78, 5) is 41.1. The summed E-state index contributed by atoms with van der Waals surface area (Å²) in [6, 6.07) is 10.7. The number of nitrogens with two attached hydrogens (primary N) is 1. The molecule has 0 bridgehead atoms. The Labute approximate surface area is 236 Å². The number of benzene rings is 2. The maximum atomic E-state index is 14.0. The van der Waals surface area contributed by atoms with E-state index in [9.17, 15) is 34.8 Å². The van der Waals surface area contributed by atoms with E-state index in [1.54, 1.807) is 20.2 Å². The molecule has 4 atom stereocenters. The van der Waals surface area contributed by atoms with Crippen LogP contribution in [0.3, 0.4) is 0 Å². The predicted molar refractivity (Wildman–Crippen MR) is 149 cm³/mol. The van der Waals surface area contributed by atoms with Gasteiger partial charge in [-0.1, -0.05) is 24.3 Å². The first-order valence-corrected chi connectivity index (χ1v) is 13.8. The average molecular weight is 560 g/mol. The third-order valence-corrected chi connectivity index (χ3v) is 9.02. The van der Waals surface area contributed by atoms with Gasteiger partial charge in [0.25, 0.3) is 5.91 Å². The van der Waals surface area contributed by atoms with E-state index in [1.165, 1.54) is 23.8 Å². The number of carbonyl (C=O) groups is 3. The third-order valence-electron chi connectivity index (χ3n) is 9.02. The van der Waals surface area contributed by atoms with Gasteiger partial charge in [0, 0.05) is 24.1 Å². The van der Waals surface area contributed by atoms with E-state index in [0.29, 0.717) is 18.2 Å². The largest absolute Gasteiger partial charge is 0.510 e. The Hall–Kier alpha value is -3.99. The molecule has 0 unspecified atom stereocenters. The molecule has 0 heterocycles. The minimum atomic E-state index is -2.65. The van der Waals surface area contributed by atoms with Crippen LogP contribution >= 0.6 is 0 Å². The number of aliphatic hydroxyl groups is 3. The van der Waals surface area contributed by atoms with E-state index < -0.39 is 58.0 Å². The Morgan fingerprint density at radius 1 is 1.12 bits per heavy atom. The lowest BCUT2D eigenvalue weighted by Gasteiger charge is -2.50. The first kappa shape index (κ1) is 27.2. The van der Waals surface area contributed by atoms with Crippen molar-refractivity contribution in [3.8, 4) is 16.9 Å². The smallest absolute Gasteiger partial charge is 0.255 e. The summed E-state index contributed by atoms with van der Waals surface area (Å²) in [6.07, 6.45) is 2.63. The van der Waals surface area contributed by atoms with Crippen LogP contribution in [-0.4, -0.2) is 74.6 Å². The molecule has 1 saturated carbocycles. The lowest BCUT2D eigenvalue weighted by atomic mass is 9.58. The average Bonchev–Trinajstić information content (AvgIpc) is 3.74. The van der Waals surface area contributed by atoms with Crippen molar-refractivity contribution < 1.29 is 34.8 Å². The molecule has 6 rings (SSSR count). The molecular weight excluding hydrogens is 526 g/mol. The fourth-order valence-electron chi connectivity index (χ4n) is 6.92. The van der Waals surface area contributed by atoms with Gasteiger partial charge in [-0.15, -0.1) is 0 Å². The van der Waals surface area contributed by atoms with Crippen molar-refractivity contribution in [3.05, 3.63) is 75.8 Å². The molecule has 10 nitrogen and oxygen atoms in total. The number of hydrogen-bond acceptors (Lipinski definition) is 9. The Morgan fingerprint density at radius 2 is 1.85 bits per heavy atom. The molecular formula is C31H33N3O7. The van der Waals surface area contributed by atoms with Crippen molar-refractivity contribution in [2.24, 2.45) is 17.6 Å². The highest BCUT2D eigenvalue weighted by Crippen LogP contribution is 2.53. The SMILES string of the molecule is CN(C)[C@@H]1C(O)=C(C(N)=O)C(=O)[C@@]2(O)C(O)=C3C(=O)c4c(O)ccc(-c5cccc(CNC6CC6)c5)c4C[C@H]3C[C@@H]12. The Kier molecular flexibility index (Phi) is 6.33. The van der Waals surface area contributed by atoms with Crippen LogP contribution in [0.5, 0.6) is 5.75 Å². The lowest BCUT2D eigenvalue weighted by Crippen LogP contribution is -2.63. The van der Waals surface area contributed by atoms with Crippen LogP contribution in [0.2, 0.25) is 0 Å².